The number of piperidine rings is 1. The predicted octanol–water partition coefficient (Wildman–Crippen LogP) is 3.87. The van der Waals surface area contributed by atoms with Crippen LogP contribution in [0.3, 0.4) is 0 Å². The van der Waals surface area contributed by atoms with Crippen molar-refractivity contribution in [3.05, 3.63) is 28.6 Å². The highest BCUT2D eigenvalue weighted by Gasteiger charge is 2.20. The van der Waals surface area contributed by atoms with E-state index in [-0.39, 0.29) is 5.91 Å². The Kier molecular flexibility index (Phi) is 5.80. The summed E-state index contributed by atoms with van der Waals surface area (Å²) in [6, 6.07) is 4.73. The van der Waals surface area contributed by atoms with Crippen LogP contribution in [0.25, 0.3) is 9.88 Å². The quantitative estimate of drug-likeness (QED) is 0.861. The number of amides is 1. The number of thiophene rings is 1. The van der Waals surface area contributed by atoms with Crippen LogP contribution in [-0.4, -0.2) is 41.5 Å². The molecule has 0 saturated carbocycles. The van der Waals surface area contributed by atoms with Crippen molar-refractivity contribution in [1.29, 1.82) is 0 Å². The van der Waals surface area contributed by atoms with Crippen molar-refractivity contribution in [3.8, 4) is 9.88 Å². The number of carbonyl (C=O) groups is 1. The third-order valence-corrected chi connectivity index (χ3v) is 6.40. The summed E-state index contributed by atoms with van der Waals surface area (Å²) >= 11 is 3.11. The lowest BCUT2D eigenvalue weighted by atomic mass is 10.0. The Labute approximate surface area is 145 Å². The minimum Gasteiger partial charge on any atom is -0.350 e. The molecule has 1 fully saturated rings. The van der Waals surface area contributed by atoms with Gasteiger partial charge in [-0.15, -0.1) is 22.7 Å². The van der Waals surface area contributed by atoms with Gasteiger partial charge in [0.05, 0.1) is 11.1 Å². The van der Waals surface area contributed by atoms with Crippen LogP contribution in [0, 0.1) is 0 Å². The molecule has 124 valence electrons. The number of hydrogen-bond acceptors (Lipinski definition) is 5. The van der Waals surface area contributed by atoms with Gasteiger partial charge in [-0.3, -0.25) is 9.69 Å². The fourth-order valence-electron chi connectivity index (χ4n) is 3.11. The average Bonchev–Trinajstić information content (AvgIpc) is 3.26. The second kappa shape index (κ2) is 8.04. The van der Waals surface area contributed by atoms with Crippen LogP contribution < -0.4 is 5.32 Å². The lowest BCUT2D eigenvalue weighted by Gasteiger charge is -2.35. The summed E-state index contributed by atoms with van der Waals surface area (Å²) in [5.41, 5.74) is 0. The molecule has 0 aliphatic carbocycles. The van der Waals surface area contributed by atoms with E-state index in [9.17, 15) is 4.79 Å². The van der Waals surface area contributed by atoms with Gasteiger partial charge in [0.25, 0.3) is 5.91 Å². The maximum absolute atomic E-state index is 12.3. The van der Waals surface area contributed by atoms with Crippen molar-refractivity contribution in [2.75, 3.05) is 19.6 Å². The first-order valence-electron chi connectivity index (χ1n) is 8.30. The molecule has 6 heteroatoms. The van der Waals surface area contributed by atoms with Gasteiger partial charge in [-0.2, -0.15) is 0 Å². The molecule has 1 saturated heterocycles. The van der Waals surface area contributed by atoms with Gasteiger partial charge >= 0.3 is 0 Å². The average molecular weight is 350 g/mol. The molecule has 0 spiro atoms. The first kappa shape index (κ1) is 16.6. The van der Waals surface area contributed by atoms with Crippen molar-refractivity contribution in [2.24, 2.45) is 0 Å². The topological polar surface area (TPSA) is 45.2 Å². The summed E-state index contributed by atoms with van der Waals surface area (Å²) in [4.78, 5) is 21.0. The molecule has 1 N–H and O–H groups in total. The van der Waals surface area contributed by atoms with E-state index in [1.54, 1.807) is 17.5 Å². The first-order chi connectivity index (χ1) is 11.3. The zero-order valence-corrected chi connectivity index (χ0v) is 15.1. The third-order valence-electron chi connectivity index (χ3n) is 4.37. The molecule has 2 aromatic rings. The Morgan fingerprint density at radius 3 is 3.17 bits per heavy atom. The molecular formula is C17H23N3OS2. The monoisotopic (exact) mass is 349 g/mol. The summed E-state index contributed by atoms with van der Waals surface area (Å²) < 4.78 is 0. The van der Waals surface area contributed by atoms with Crippen molar-refractivity contribution in [3.63, 3.8) is 0 Å². The van der Waals surface area contributed by atoms with E-state index in [1.165, 1.54) is 37.0 Å². The zero-order chi connectivity index (χ0) is 16.1. The molecule has 23 heavy (non-hydrogen) atoms. The number of likely N-dealkylation sites (tertiary alicyclic amines) is 1. The molecule has 2 aromatic heterocycles. The highest BCUT2D eigenvalue weighted by Crippen LogP contribution is 2.28. The first-order valence-corrected chi connectivity index (χ1v) is 9.99. The summed E-state index contributed by atoms with van der Waals surface area (Å²) in [5.74, 6) is -0.00429. The maximum atomic E-state index is 12.3. The number of thiazole rings is 1. The molecule has 0 bridgehead atoms. The standard InChI is InChI=1S/C17H23N3OS2/c1-2-13-6-3-4-9-20(13)10-8-18-16(21)15-12-19-17(23-15)14-7-5-11-22-14/h5,7,11-13H,2-4,6,8-10H2,1H3,(H,18,21). The highest BCUT2D eigenvalue weighted by molar-refractivity contribution is 7.21. The Hall–Kier alpha value is -1.24. The van der Waals surface area contributed by atoms with E-state index in [2.05, 4.69) is 22.1 Å². The molecule has 4 nitrogen and oxygen atoms in total. The van der Waals surface area contributed by atoms with E-state index in [0.29, 0.717) is 17.5 Å². The van der Waals surface area contributed by atoms with Crippen molar-refractivity contribution in [2.45, 2.75) is 38.6 Å². The van der Waals surface area contributed by atoms with Crippen molar-refractivity contribution in [1.82, 2.24) is 15.2 Å². The number of rotatable bonds is 6. The Morgan fingerprint density at radius 2 is 2.39 bits per heavy atom. The van der Waals surface area contributed by atoms with Gasteiger partial charge in [-0.25, -0.2) is 4.98 Å². The Balaban J connectivity index is 1.49. The smallest absolute Gasteiger partial charge is 0.263 e. The minimum atomic E-state index is -0.00429. The number of carbonyl (C=O) groups excluding carboxylic acids is 1. The Bertz CT molecular complexity index is 624. The summed E-state index contributed by atoms with van der Waals surface area (Å²) in [6.07, 6.45) is 6.80. The molecule has 1 aliphatic rings. The van der Waals surface area contributed by atoms with Crippen LogP contribution in [0.15, 0.2) is 23.7 Å². The largest absolute Gasteiger partial charge is 0.350 e. The second-order valence-corrected chi connectivity index (χ2v) is 7.84. The highest BCUT2D eigenvalue weighted by atomic mass is 32.1. The van der Waals surface area contributed by atoms with Crippen LogP contribution >= 0.6 is 22.7 Å². The molecule has 1 unspecified atom stereocenters. The molecule has 3 rings (SSSR count). The zero-order valence-electron chi connectivity index (χ0n) is 13.5. The fourth-order valence-corrected chi connectivity index (χ4v) is 4.75. The van der Waals surface area contributed by atoms with E-state index in [0.717, 1.165) is 23.0 Å². The fraction of sp³-hybridized carbons (Fsp3) is 0.529. The van der Waals surface area contributed by atoms with Crippen LogP contribution in [0.5, 0.6) is 0 Å². The van der Waals surface area contributed by atoms with E-state index >= 15 is 0 Å². The Morgan fingerprint density at radius 1 is 1.48 bits per heavy atom. The third kappa shape index (κ3) is 4.19. The van der Waals surface area contributed by atoms with E-state index in [1.807, 2.05) is 17.5 Å². The number of nitrogens with zero attached hydrogens (tertiary/aromatic N) is 2. The summed E-state index contributed by atoms with van der Waals surface area (Å²) in [7, 11) is 0. The minimum absolute atomic E-state index is 0.00429. The van der Waals surface area contributed by atoms with Crippen LogP contribution in [-0.2, 0) is 0 Å². The van der Waals surface area contributed by atoms with Crippen LogP contribution in [0.4, 0.5) is 0 Å². The molecule has 0 radical (unpaired) electrons. The SMILES string of the molecule is CCC1CCCCN1CCNC(=O)c1cnc(-c2cccs2)s1. The number of hydrogen-bond donors (Lipinski definition) is 1. The van der Waals surface area contributed by atoms with Gasteiger partial charge in [-0.05, 0) is 37.3 Å². The van der Waals surface area contributed by atoms with Gasteiger partial charge < -0.3 is 5.32 Å². The molecular weight excluding hydrogens is 326 g/mol. The van der Waals surface area contributed by atoms with Crippen LogP contribution in [0.2, 0.25) is 0 Å². The van der Waals surface area contributed by atoms with Crippen molar-refractivity contribution < 1.29 is 4.79 Å². The van der Waals surface area contributed by atoms with Gasteiger partial charge in [0.2, 0.25) is 0 Å². The lowest BCUT2D eigenvalue weighted by molar-refractivity contribution is 0.0938. The summed E-state index contributed by atoms with van der Waals surface area (Å²) in [5, 5.41) is 5.99. The van der Waals surface area contributed by atoms with Gasteiger partial charge in [0, 0.05) is 19.1 Å². The van der Waals surface area contributed by atoms with E-state index in [4.69, 9.17) is 0 Å². The van der Waals surface area contributed by atoms with Gasteiger partial charge in [0.1, 0.15) is 9.88 Å². The van der Waals surface area contributed by atoms with Gasteiger partial charge in [-0.1, -0.05) is 19.4 Å². The molecule has 0 aromatic carbocycles. The van der Waals surface area contributed by atoms with Crippen LogP contribution in [0.1, 0.15) is 42.3 Å². The van der Waals surface area contributed by atoms with E-state index < -0.39 is 0 Å². The second-order valence-electron chi connectivity index (χ2n) is 5.86. The lowest BCUT2D eigenvalue weighted by Crippen LogP contribution is -2.43. The predicted molar refractivity (Wildman–Crippen MR) is 97.3 cm³/mol. The molecule has 1 amide bonds. The van der Waals surface area contributed by atoms with Crippen molar-refractivity contribution >= 4 is 28.6 Å². The maximum Gasteiger partial charge on any atom is 0.263 e. The normalized spacial score (nSPS) is 18.9. The van der Waals surface area contributed by atoms with Gasteiger partial charge in [0.15, 0.2) is 0 Å². The molecule has 1 atom stereocenters. The molecule has 3 heterocycles. The number of nitrogens with one attached hydrogen (secondary N) is 1. The molecule has 1 aliphatic heterocycles. The number of aromatic nitrogens is 1. The summed E-state index contributed by atoms with van der Waals surface area (Å²) in [6.45, 7) is 5.07.